The summed E-state index contributed by atoms with van der Waals surface area (Å²) in [7, 11) is 0. The van der Waals surface area contributed by atoms with Crippen LogP contribution in [0.4, 0.5) is 5.82 Å². The second-order valence-electron chi connectivity index (χ2n) is 7.71. The second-order valence-corrected chi connectivity index (χ2v) is 9.09. The first-order valence-electron chi connectivity index (χ1n) is 10.5. The normalized spacial score (nSPS) is 16.9. The van der Waals surface area contributed by atoms with Crippen LogP contribution in [0.25, 0.3) is 17.0 Å². The van der Waals surface area contributed by atoms with Crippen LogP contribution in [0.15, 0.2) is 42.0 Å². The number of nitrogen functional groups attached to an aromatic ring is 1. The Balaban J connectivity index is 1.48. The molecule has 4 rings (SSSR count). The quantitative estimate of drug-likeness (QED) is 0.551. The number of piperazine rings is 1. The lowest BCUT2D eigenvalue weighted by Crippen LogP contribution is -2.58. The van der Waals surface area contributed by atoms with Crippen LogP contribution < -0.4 is 5.73 Å². The largest absolute Gasteiger partial charge is 0.383 e. The summed E-state index contributed by atoms with van der Waals surface area (Å²) >= 11 is 7.42. The van der Waals surface area contributed by atoms with Gasteiger partial charge in [0.15, 0.2) is 0 Å². The summed E-state index contributed by atoms with van der Waals surface area (Å²) in [4.78, 5) is 38.8. The van der Waals surface area contributed by atoms with Crippen molar-refractivity contribution in [1.82, 2.24) is 19.8 Å². The molecule has 7 nitrogen and oxygen atoms in total. The molecule has 1 atom stereocenters. The number of carbonyl (C=O) groups excluding carboxylic acids is 2. The van der Waals surface area contributed by atoms with Crippen molar-refractivity contribution in [2.45, 2.75) is 32.4 Å². The molecule has 0 saturated carbocycles. The summed E-state index contributed by atoms with van der Waals surface area (Å²) in [5.74, 6) is 0.255. The van der Waals surface area contributed by atoms with E-state index in [-0.39, 0.29) is 11.8 Å². The Hall–Kier alpha value is -2.97. The maximum Gasteiger partial charge on any atom is 0.247 e. The van der Waals surface area contributed by atoms with Crippen LogP contribution in [0.5, 0.6) is 0 Å². The van der Waals surface area contributed by atoms with Crippen molar-refractivity contribution in [3.8, 4) is 0 Å². The lowest BCUT2D eigenvalue weighted by atomic mass is 10.0. The van der Waals surface area contributed by atoms with Gasteiger partial charge in [-0.25, -0.2) is 9.97 Å². The van der Waals surface area contributed by atoms with Crippen molar-refractivity contribution >= 4 is 57.5 Å². The molecule has 1 fully saturated rings. The van der Waals surface area contributed by atoms with Crippen molar-refractivity contribution in [3.63, 3.8) is 0 Å². The summed E-state index contributed by atoms with van der Waals surface area (Å²) in [6.45, 7) is 3.46. The number of hydrogen-bond acceptors (Lipinski definition) is 6. The van der Waals surface area contributed by atoms with Crippen LogP contribution in [-0.4, -0.2) is 50.7 Å². The molecule has 0 spiro atoms. The van der Waals surface area contributed by atoms with Gasteiger partial charge < -0.3 is 15.5 Å². The molecule has 0 aliphatic carbocycles. The molecule has 0 bridgehead atoms. The molecule has 9 heteroatoms. The van der Waals surface area contributed by atoms with E-state index in [1.165, 1.54) is 23.7 Å². The minimum atomic E-state index is -0.462. The number of halogens is 1. The third kappa shape index (κ3) is 4.76. The van der Waals surface area contributed by atoms with Gasteiger partial charge in [-0.2, -0.15) is 0 Å². The van der Waals surface area contributed by atoms with Crippen molar-refractivity contribution < 1.29 is 9.59 Å². The van der Waals surface area contributed by atoms with Crippen LogP contribution >= 0.6 is 22.9 Å². The maximum absolute atomic E-state index is 13.3. The van der Waals surface area contributed by atoms with Crippen molar-refractivity contribution in [2.24, 2.45) is 0 Å². The van der Waals surface area contributed by atoms with Gasteiger partial charge >= 0.3 is 0 Å². The zero-order valence-electron chi connectivity index (χ0n) is 17.7. The number of aromatic nitrogens is 2. The molecule has 1 aliphatic rings. The van der Waals surface area contributed by atoms with E-state index in [4.69, 9.17) is 17.3 Å². The summed E-state index contributed by atoms with van der Waals surface area (Å²) < 4.78 is 0. The second kappa shape index (κ2) is 9.67. The number of thiophene rings is 1. The summed E-state index contributed by atoms with van der Waals surface area (Å²) in [6.07, 6.45) is 6.15. The minimum Gasteiger partial charge on any atom is -0.383 e. The fraction of sp³-hybridized carbons (Fsp3) is 0.304. The summed E-state index contributed by atoms with van der Waals surface area (Å²) in [6, 6.07) is 7.11. The smallest absolute Gasteiger partial charge is 0.247 e. The first-order chi connectivity index (χ1) is 15.5. The molecule has 2 amide bonds. The van der Waals surface area contributed by atoms with Gasteiger partial charge in [-0.15, -0.1) is 11.3 Å². The van der Waals surface area contributed by atoms with Gasteiger partial charge in [0, 0.05) is 41.4 Å². The molecule has 0 radical (unpaired) electrons. The minimum absolute atomic E-state index is 0.0266. The van der Waals surface area contributed by atoms with Gasteiger partial charge in [0.2, 0.25) is 11.8 Å². The van der Waals surface area contributed by atoms with E-state index in [1.807, 2.05) is 41.5 Å². The standard InChI is InChI=1S/C23H24ClN5O2S/c1-2-3-20-23(31)28(12-15-4-6-18-19(10-15)26-14-27-22(18)25)8-9-29(20)21(30)7-5-17-11-16(24)13-32-17/h4-7,10-11,13-14,20H,2-3,8-9,12H2,1H3,(H2,25,26,27)/b7-5+. The highest BCUT2D eigenvalue weighted by atomic mass is 35.5. The Morgan fingerprint density at radius 2 is 2.16 bits per heavy atom. The van der Waals surface area contributed by atoms with Crippen molar-refractivity contribution in [3.05, 3.63) is 57.5 Å². The van der Waals surface area contributed by atoms with Crippen LogP contribution in [0.3, 0.4) is 0 Å². The molecule has 2 N–H and O–H groups in total. The highest BCUT2D eigenvalue weighted by molar-refractivity contribution is 7.11. The lowest BCUT2D eigenvalue weighted by molar-refractivity contribution is -0.150. The third-order valence-corrected chi connectivity index (χ3v) is 6.76. The monoisotopic (exact) mass is 469 g/mol. The lowest BCUT2D eigenvalue weighted by Gasteiger charge is -2.40. The SMILES string of the molecule is CCCC1C(=O)N(Cc2ccc3c(N)ncnc3c2)CCN1C(=O)/C=C/c1cc(Cl)cs1. The first-order valence-corrected chi connectivity index (χ1v) is 11.7. The zero-order valence-corrected chi connectivity index (χ0v) is 19.3. The Kier molecular flexibility index (Phi) is 6.72. The Morgan fingerprint density at radius 1 is 1.31 bits per heavy atom. The summed E-state index contributed by atoms with van der Waals surface area (Å²) in [5.41, 5.74) is 7.62. The van der Waals surface area contributed by atoms with Crippen LogP contribution in [-0.2, 0) is 16.1 Å². The first kappa shape index (κ1) is 22.2. The average Bonchev–Trinajstić information content (AvgIpc) is 3.20. The Morgan fingerprint density at radius 3 is 2.91 bits per heavy atom. The number of amides is 2. The summed E-state index contributed by atoms with van der Waals surface area (Å²) in [5, 5.41) is 3.26. The predicted octanol–water partition coefficient (Wildman–Crippen LogP) is 3.98. The van der Waals surface area contributed by atoms with Crippen molar-refractivity contribution in [2.75, 3.05) is 18.8 Å². The number of nitrogens with zero attached hydrogens (tertiary/aromatic N) is 4. The van der Waals surface area contributed by atoms with Crippen LogP contribution in [0.2, 0.25) is 5.02 Å². The molecule has 166 valence electrons. The van der Waals surface area contributed by atoms with E-state index in [2.05, 4.69) is 9.97 Å². The highest BCUT2D eigenvalue weighted by Gasteiger charge is 2.36. The van der Waals surface area contributed by atoms with Crippen molar-refractivity contribution in [1.29, 1.82) is 0 Å². The topological polar surface area (TPSA) is 92.4 Å². The van der Waals surface area contributed by atoms with E-state index in [9.17, 15) is 9.59 Å². The molecular formula is C23H24ClN5O2S. The van der Waals surface area contributed by atoms with Gasteiger partial charge in [-0.1, -0.05) is 31.0 Å². The molecule has 1 aliphatic heterocycles. The van der Waals surface area contributed by atoms with E-state index in [1.54, 1.807) is 11.0 Å². The van der Waals surface area contributed by atoms with Gasteiger partial charge in [0.25, 0.3) is 0 Å². The number of benzene rings is 1. The number of fused-ring (bicyclic) bond motifs is 1. The molecule has 3 aromatic rings. The molecule has 1 saturated heterocycles. The van der Waals surface area contributed by atoms with Gasteiger partial charge in [0.05, 0.1) is 10.5 Å². The van der Waals surface area contributed by atoms with E-state index in [0.29, 0.717) is 36.9 Å². The van der Waals surface area contributed by atoms with E-state index < -0.39 is 6.04 Å². The Bertz CT molecular complexity index is 1180. The molecule has 2 aromatic heterocycles. The fourth-order valence-corrected chi connectivity index (χ4v) is 4.89. The highest BCUT2D eigenvalue weighted by Crippen LogP contribution is 2.23. The van der Waals surface area contributed by atoms with Gasteiger partial charge in [0.1, 0.15) is 18.2 Å². The molecule has 3 heterocycles. The van der Waals surface area contributed by atoms with Gasteiger partial charge in [-0.05, 0) is 36.3 Å². The number of rotatable bonds is 6. The maximum atomic E-state index is 13.3. The number of anilines is 1. The van der Waals surface area contributed by atoms with E-state index >= 15 is 0 Å². The zero-order chi connectivity index (χ0) is 22.7. The molecule has 1 aromatic carbocycles. The van der Waals surface area contributed by atoms with Gasteiger partial charge in [-0.3, -0.25) is 9.59 Å². The Labute approximate surface area is 195 Å². The third-order valence-electron chi connectivity index (χ3n) is 5.51. The predicted molar refractivity (Wildman–Crippen MR) is 128 cm³/mol. The molecular weight excluding hydrogens is 446 g/mol. The number of hydrogen-bond donors (Lipinski definition) is 1. The molecule has 32 heavy (non-hydrogen) atoms. The molecule has 1 unspecified atom stereocenters. The number of carbonyl (C=O) groups is 2. The average molecular weight is 470 g/mol. The number of nitrogens with two attached hydrogens (primary N) is 1. The van der Waals surface area contributed by atoms with Crippen LogP contribution in [0.1, 0.15) is 30.2 Å². The fourth-order valence-electron chi connectivity index (χ4n) is 3.92. The van der Waals surface area contributed by atoms with Crippen LogP contribution in [0, 0.1) is 0 Å². The van der Waals surface area contributed by atoms with E-state index in [0.717, 1.165) is 27.8 Å².